The molecule has 1 aliphatic rings. The smallest absolute Gasteiger partial charge is 0.133 e. The fourth-order valence-corrected chi connectivity index (χ4v) is 1.61. The van der Waals surface area contributed by atoms with Crippen molar-refractivity contribution in [3.63, 3.8) is 0 Å². The van der Waals surface area contributed by atoms with Crippen LogP contribution in [0.5, 0.6) is 5.75 Å². The second-order valence-electron chi connectivity index (χ2n) is 3.68. The number of hydrogen-bond acceptors (Lipinski definition) is 2. The highest BCUT2D eigenvalue weighted by molar-refractivity contribution is 9.10. The highest BCUT2D eigenvalue weighted by Crippen LogP contribution is 2.32. The normalized spacial score (nSPS) is 15.6. The molecule has 1 aliphatic carbocycles. The molecular formula is C11H13BrO2. The minimum Gasteiger partial charge on any atom is -0.492 e. The molecule has 1 aromatic rings. The van der Waals surface area contributed by atoms with E-state index in [0.717, 1.165) is 28.3 Å². The molecule has 2 rings (SSSR count). The monoisotopic (exact) mass is 256 g/mol. The molecule has 0 heterocycles. The summed E-state index contributed by atoms with van der Waals surface area (Å²) in [7, 11) is 0. The van der Waals surface area contributed by atoms with E-state index in [1.807, 2.05) is 18.2 Å². The number of halogens is 1. The van der Waals surface area contributed by atoms with Gasteiger partial charge < -0.3 is 9.84 Å². The number of ether oxygens (including phenoxy) is 1. The Morgan fingerprint density at radius 3 is 2.86 bits per heavy atom. The van der Waals surface area contributed by atoms with Crippen LogP contribution in [0.15, 0.2) is 22.7 Å². The van der Waals surface area contributed by atoms with Gasteiger partial charge in [-0.05, 0) is 52.4 Å². The lowest BCUT2D eigenvalue weighted by molar-refractivity contribution is 0.277. The zero-order valence-corrected chi connectivity index (χ0v) is 9.46. The van der Waals surface area contributed by atoms with Gasteiger partial charge in [-0.3, -0.25) is 0 Å². The minimum absolute atomic E-state index is 0.0626. The lowest BCUT2D eigenvalue weighted by Gasteiger charge is -2.08. The Kier molecular flexibility index (Phi) is 3.08. The third kappa shape index (κ3) is 2.49. The summed E-state index contributed by atoms with van der Waals surface area (Å²) < 4.78 is 6.60. The van der Waals surface area contributed by atoms with Gasteiger partial charge in [0.1, 0.15) is 5.75 Å². The zero-order valence-electron chi connectivity index (χ0n) is 7.87. The van der Waals surface area contributed by atoms with E-state index in [0.29, 0.717) is 0 Å². The molecule has 1 aromatic carbocycles. The summed E-state index contributed by atoms with van der Waals surface area (Å²) in [4.78, 5) is 0. The standard InChI is InChI=1S/C11H13BrO2/c12-10-4-3-9(6-13)5-11(10)14-7-8-1-2-8/h3-5,8,13H,1-2,6-7H2. The van der Waals surface area contributed by atoms with Crippen molar-refractivity contribution in [2.75, 3.05) is 6.61 Å². The Bertz CT molecular complexity index is 321. The Hall–Kier alpha value is -0.540. The van der Waals surface area contributed by atoms with Crippen molar-refractivity contribution in [2.45, 2.75) is 19.4 Å². The maximum absolute atomic E-state index is 8.97. The first-order valence-electron chi connectivity index (χ1n) is 4.81. The van der Waals surface area contributed by atoms with E-state index in [-0.39, 0.29) is 6.61 Å². The summed E-state index contributed by atoms with van der Waals surface area (Å²) in [5, 5.41) is 8.97. The molecule has 3 heteroatoms. The summed E-state index contributed by atoms with van der Waals surface area (Å²) in [6.45, 7) is 0.862. The van der Waals surface area contributed by atoms with Crippen LogP contribution in [-0.2, 0) is 6.61 Å². The third-order valence-electron chi connectivity index (χ3n) is 2.35. The van der Waals surface area contributed by atoms with Gasteiger partial charge in [0.2, 0.25) is 0 Å². The van der Waals surface area contributed by atoms with Crippen LogP contribution in [0.2, 0.25) is 0 Å². The van der Waals surface area contributed by atoms with Crippen molar-refractivity contribution in [3.05, 3.63) is 28.2 Å². The number of rotatable bonds is 4. The molecule has 0 bridgehead atoms. The Balaban J connectivity index is 2.04. The molecule has 0 atom stereocenters. The van der Waals surface area contributed by atoms with Crippen LogP contribution in [0.4, 0.5) is 0 Å². The van der Waals surface area contributed by atoms with Crippen molar-refractivity contribution in [2.24, 2.45) is 5.92 Å². The van der Waals surface area contributed by atoms with Crippen molar-refractivity contribution in [1.82, 2.24) is 0 Å². The Morgan fingerprint density at radius 1 is 1.43 bits per heavy atom. The lowest BCUT2D eigenvalue weighted by Crippen LogP contribution is -2.00. The van der Waals surface area contributed by atoms with Crippen molar-refractivity contribution in [3.8, 4) is 5.75 Å². The van der Waals surface area contributed by atoms with Crippen LogP contribution in [-0.4, -0.2) is 11.7 Å². The largest absolute Gasteiger partial charge is 0.492 e. The van der Waals surface area contributed by atoms with Gasteiger partial charge in [0, 0.05) is 0 Å². The Morgan fingerprint density at radius 2 is 2.21 bits per heavy atom. The van der Waals surface area contributed by atoms with Gasteiger partial charge >= 0.3 is 0 Å². The quantitative estimate of drug-likeness (QED) is 0.898. The molecule has 1 N–H and O–H groups in total. The Labute approximate surface area is 92.0 Å². The van der Waals surface area contributed by atoms with Crippen LogP contribution >= 0.6 is 15.9 Å². The fourth-order valence-electron chi connectivity index (χ4n) is 1.25. The molecule has 2 nitrogen and oxygen atoms in total. The van der Waals surface area contributed by atoms with Gasteiger partial charge in [-0.2, -0.15) is 0 Å². The van der Waals surface area contributed by atoms with Gasteiger partial charge in [0.05, 0.1) is 17.7 Å². The highest BCUT2D eigenvalue weighted by Gasteiger charge is 2.22. The van der Waals surface area contributed by atoms with Gasteiger partial charge in [0.15, 0.2) is 0 Å². The average molecular weight is 257 g/mol. The summed E-state index contributed by atoms with van der Waals surface area (Å²) >= 11 is 3.42. The predicted molar refractivity (Wildman–Crippen MR) is 58.3 cm³/mol. The molecule has 0 saturated heterocycles. The van der Waals surface area contributed by atoms with Crippen LogP contribution in [0.1, 0.15) is 18.4 Å². The van der Waals surface area contributed by atoms with Crippen molar-refractivity contribution < 1.29 is 9.84 Å². The molecular weight excluding hydrogens is 244 g/mol. The molecule has 0 radical (unpaired) electrons. The van der Waals surface area contributed by atoms with E-state index in [1.54, 1.807) is 0 Å². The first-order chi connectivity index (χ1) is 6.79. The van der Waals surface area contributed by atoms with E-state index < -0.39 is 0 Å². The topological polar surface area (TPSA) is 29.5 Å². The molecule has 14 heavy (non-hydrogen) atoms. The average Bonchev–Trinajstić information content (AvgIpc) is 3.00. The van der Waals surface area contributed by atoms with E-state index in [1.165, 1.54) is 12.8 Å². The molecule has 0 amide bonds. The highest BCUT2D eigenvalue weighted by atomic mass is 79.9. The second-order valence-corrected chi connectivity index (χ2v) is 4.53. The van der Waals surface area contributed by atoms with E-state index in [2.05, 4.69) is 15.9 Å². The maximum Gasteiger partial charge on any atom is 0.133 e. The number of benzene rings is 1. The molecule has 76 valence electrons. The molecule has 0 aromatic heterocycles. The van der Waals surface area contributed by atoms with Crippen LogP contribution in [0.3, 0.4) is 0 Å². The van der Waals surface area contributed by atoms with Crippen LogP contribution in [0, 0.1) is 5.92 Å². The van der Waals surface area contributed by atoms with Crippen LogP contribution in [0.25, 0.3) is 0 Å². The minimum atomic E-state index is 0.0626. The summed E-state index contributed by atoms with van der Waals surface area (Å²) in [5.74, 6) is 1.59. The number of hydrogen-bond donors (Lipinski definition) is 1. The SMILES string of the molecule is OCc1ccc(Br)c(OCC2CC2)c1. The van der Waals surface area contributed by atoms with Crippen LogP contribution < -0.4 is 4.74 Å². The van der Waals surface area contributed by atoms with Gasteiger partial charge in [-0.15, -0.1) is 0 Å². The molecule has 1 saturated carbocycles. The molecule has 0 spiro atoms. The molecule has 0 aliphatic heterocycles. The first kappa shape index (κ1) is 9.99. The summed E-state index contributed by atoms with van der Waals surface area (Å²) in [5.41, 5.74) is 0.888. The summed E-state index contributed by atoms with van der Waals surface area (Å²) in [6.07, 6.45) is 2.58. The maximum atomic E-state index is 8.97. The van der Waals surface area contributed by atoms with Crippen molar-refractivity contribution in [1.29, 1.82) is 0 Å². The van der Waals surface area contributed by atoms with Gasteiger partial charge in [-0.1, -0.05) is 6.07 Å². The number of aliphatic hydroxyl groups is 1. The third-order valence-corrected chi connectivity index (χ3v) is 3.00. The van der Waals surface area contributed by atoms with E-state index >= 15 is 0 Å². The zero-order chi connectivity index (χ0) is 9.97. The van der Waals surface area contributed by atoms with Gasteiger partial charge in [-0.25, -0.2) is 0 Å². The van der Waals surface area contributed by atoms with Crippen molar-refractivity contribution >= 4 is 15.9 Å². The molecule has 0 unspecified atom stereocenters. The van der Waals surface area contributed by atoms with Gasteiger partial charge in [0.25, 0.3) is 0 Å². The van der Waals surface area contributed by atoms with E-state index in [4.69, 9.17) is 9.84 Å². The summed E-state index contributed by atoms with van der Waals surface area (Å²) in [6, 6.07) is 5.67. The first-order valence-corrected chi connectivity index (χ1v) is 5.61. The molecule has 1 fully saturated rings. The number of aliphatic hydroxyl groups excluding tert-OH is 1. The second kappa shape index (κ2) is 4.32. The van der Waals surface area contributed by atoms with E-state index in [9.17, 15) is 0 Å². The lowest BCUT2D eigenvalue weighted by atomic mass is 10.2. The predicted octanol–water partition coefficient (Wildman–Crippen LogP) is 2.73. The fraction of sp³-hybridized carbons (Fsp3) is 0.455.